The van der Waals surface area contributed by atoms with Gasteiger partial charge in [0, 0.05) is 24.9 Å². The zero-order valence-corrected chi connectivity index (χ0v) is 15.8. The molecule has 5 rings (SSSR count). The number of carbonyl (C=O) groups is 1. The van der Waals surface area contributed by atoms with E-state index in [4.69, 9.17) is 18.9 Å². The summed E-state index contributed by atoms with van der Waals surface area (Å²) in [4.78, 5) is 15.5. The summed E-state index contributed by atoms with van der Waals surface area (Å²) in [5.41, 5.74) is 2.22. The van der Waals surface area contributed by atoms with Crippen molar-refractivity contribution >= 4 is 5.78 Å². The van der Waals surface area contributed by atoms with Gasteiger partial charge in [0.25, 0.3) is 0 Å². The Kier molecular flexibility index (Phi) is 4.36. The van der Waals surface area contributed by atoms with Crippen LogP contribution in [0.3, 0.4) is 0 Å². The van der Waals surface area contributed by atoms with Gasteiger partial charge in [0.1, 0.15) is 5.78 Å². The summed E-state index contributed by atoms with van der Waals surface area (Å²) in [6.45, 7) is 2.10. The number of ketones is 1. The quantitative estimate of drug-likeness (QED) is 0.812. The van der Waals surface area contributed by atoms with Gasteiger partial charge in [-0.15, -0.1) is 0 Å². The van der Waals surface area contributed by atoms with Crippen LogP contribution in [0, 0.1) is 11.8 Å². The SMILES string of the molecule is CN1CC(Cc2ccc3c(c2)OCO3)C(=O)C(Cc2ccc3c(c2)OCO3)C1. The van der Waals surface area contributed by atoms with Crippen molar-refractivity contribution in [2.75, 3.05) is 33.7 Å². The molecule has 3 heterocycles. The third-order valence-electron chi connectivity index (χ3n) is 5.71. The Bertz CT molecular complexity index is 840. The number of fused-ring (bicyclic) bond motifs is 2. The van der Waals surface area contributed by atoms with Crippen LogP contribution >= 0.6 is 0 Å². The zero-order valence-electron chi connectivity index (χ0n) is 15.8. The fraction of sp³-hybridized carbons (Fsp3) is 0.409. The molecule has 0 saturated carbocycles. The molecule has 1 saturated heterocycles. The number of carbonyl (C=O) groups excluding carboxylic acids is 1. The van der Waals surface area contributed by atoms with Crippen LogP contribution in [0.15, 0.2) is 36.4 Å². The van der Waals surface area contributed by atoms with Crippen LogP contribution in [0.2, 0.25) is 0 Å². The third kappa shape index (κ3) is 3.29. The van der Waals surface area contributed by atoms with Crippen molar-refractivity contribution in [2.24, 2.45) is 11.8 Å². The molecule has 3 aliphatic rings. The lowest BCUT2D eigenvalue weighted by molar-refractivity contribution is -0.130. The molecule has 2 atom stereocenters. The number of rotatable bonds is 4. The molecule has 146 valence electrons. The van der Waals surface area contributed by atoms with Crippen LogP contribution < -0.4 is 18.9 Å². The van der Waals surface area contributed by atoms with Gasteiger partial charge in [0.15, 0.2) is 23.0 Å². The second kappa shape index (κ2) is 7.02. The monoisotopic (exact) mass is 381 g/mol. The van der Waals surface area contributed by atoms with Gasteiger partial charge < -0.3 is 23.8 Å². The molecule has 2 aromatic carbocycles. The van der Waals surface area contributed by atoms with Crippen molar-refractivity contribution in [3.05, 3.63) is 47.5 Å². The van der Waals surface area contributed by atoms with Crippen LogP contribution in [0.25, 0.3) is 0 Å². The standard InChI is InChI=1S/C22H23NO5/c1-23-10-16(6-14-2-4-18-20(8-14)27-12-25-18)22(24)17(11-23)7-15-3-5-19-21(9-15)28-13-26-19/h2-5,8-9,16-17H,6-7,10-13H2,1H3. The number of likely N-dealkylation sites (tertiary alicyclic amines) is 1. The van der Waals surface area contributed by atoms with E-state index in [0.717, 1.165) is 60.1 Å². The second-order valence-corrected chi connectivity index (χ2v) is 7.80. The van der Waals surface area contributed by atoms with Gasteiger partial charge in [-0.05, 0) is 55.3 Å². The first-order valence-corrected chi connectivity index (χ1v) is 9.65. The second-order valence-electron chi connectivity index (χ2n) is 7.80. The van der Waals surface area contributed by atoms with Crippen molar-refractivity contribution < 1.29 is 23.7 Å². The largest absolute Gasteiger partial charge is 0.454 e. The Labute approximate surface area is 163 Å². The lowest BCUT2D eigenvalue weighted by atomic mass is 9.81. The Morgan fingerprint density at radius 1 is 0.786 bits per heavy atom. The molecule has 0 N–H and O–H groups in total. The van der Waals surface area contributed by atoms with Crippen LogP contribution in [-0.2, 0) is 17.6 Å². The highest BCUT2D eigenvalue weighted by atomic mass is 16.7. The summed E-state index contributed by atoms with van der Waals surface area (Å²) in [5.74, 6) is 3.40. The molecule has 6 nitrogen and oxygen atoms in total. The summed E-state index contributed by atoms with van der Waals surface area (Å²) in [6, 6.07) is 11.9. The van der Waals surface area contributed by atoms with E-state index in [0.29, 0.717) is 5.78 Å². The molecule has 0 amide bonds. The van der Waals surface area contributed by atoms with E-state index in [1.54, 1.807) is 0 Å². The van der Waals surface area contributed by atoms with Gasteiger partial charge in [-0.3, -0.25) is 4.79 Å². The number of ether oxygens (including phenoxy) is 4. The van der Waals surface area contributed by atoms with E-state index >= 15 is 0 Å². The smallest absolute Gasteiger partial charge is 0.231 e. The minimum absolute atomic E-state index is 0.0156. The molecule has 28 heavy (non-hydrogen) atoms. The van der Waals surface area contributed by atoms with E-state index in [2.05, 4.69) is 11.9 Å². The Morgan fingerprint density at radius 2 is 1.25 bits per heavy atom. The number of hydrogen-bond donors (Lipinski definition) is 0. The first-order chi connectivity index (χ1) is 13.7. The molecule has 1 fully saturated rings. The summed E-state index contributed by atoms with van der Waals surface area (Å²) in [5, 5.41) is 0. The number of hydrogen-bond acceptors (Lipinski definition) is 6. The third-order valence-corrected chi connectivity index (χ3v) is 5.71. The Balaban J connectivity index is 1.31. The molecule has 6 heteroatoms. The maximum Gasteiger partial charge on any atom is 0.231 e. The van der Waals surface area contributed by atoms with E-state index in [1.165, 1.54) is 0 Å². The highest BCUT2D eigenvalue weighted by molar-refractivity contribution is 5.85. The zero-order chi connectivity index (χ0) is 19.1. The molecular weight excluding hydrogens is 358 g/mol. The molecule has 2 unspecified atom stereocenters. The number of piperidine rings is 1. The molecule has 0 spiro atoms. The lowest BCUT2D eigenvalue weighted by Gasteiger charge is -2.34. The molecular formula is C22H23NO5. The maximum absolute atomic E-state index is 13.2. The minimum atomic E-state index is -0.0156. The van der Waals surface area contributed by atoms with E-state index in [1.807, 2.05) is 36.4 Å². The highest BCUT2D eigenvalue weighted by Crippen LogP contribution is 2.35. The summed E-state index contributed by atoms with van der Waals surface area (Å²) >= 11 is 0. The van der Waals surface area contributed by atoms with Crippen molar-refractivity contribution in [3.8, 4) is 23.0 Å². The van der Waals surface area contributed by atoms with Crippen LogP contribution in [0.1, 0.15) is 11.1 Å². The van der Waals surface area contributed by atoms with Gasteiger partial charge >= 0.3 is 0 Å². The predicted molar refractivity (Wildman–Crippen MR) is 102 cm³/mol. The Hall–Kier alpha value is -2.73. The summed E-state index contributed by atoms with van der Waals surface area (Å²) < 4.78 is 21.7. The van der Waals surface area contributed by atoms with Crippen molar-refractivity contribution in [1.29, 1.82) is 0 Å². The summed E-state index contributed by atoms with van der Waals surface area (Å²) in [7, 11) is 2.09. The van der Waals surface area contributed by atoms with Gasteiger partial charge in [-0.25, -0.2) is 0 Å². The molecule has 3 aliphatic heterocycles. The molecule has 0 aromatic heterocycles. The van der Waals surface area contributed by atoms with Gasteiger partial charge in [0.05, 0.1) is 0 Å². The first kappa shape index (κ1) is 17.4. The predicted octanol–water partition coefficient (Wildman–Crippen LogP) is 2.68. The average molecular weight is 381 g/mol. The molecule has 2 aromatic rings. The Morgan fingerprint density at radius 3 is 1.75 bits per heavy atom. The van der Waals surface area contributed by atoms with Crippen LogP contribution in [0.5, 0.6) is 23.0 Å². The molecule has 0 radical (unpaired) electrons. The van der Waals surface area contributed by atoms with Crippen molar-refractivity contribution in [3.63, 3.8) is 0 Å². The van der Waals surface area contributed by atoms with Gasteiger partial charge in [0.2, 0.25) is 13.6 Å². The van der Waals surface area contributed by atoms with E-state index in [9.17, 15) is 4.79 Å². The highest BCUT2D eigenvalue weighted by Gasteiger charge is 2.34. The fourth-order valence-electron chi connectivity index (χ4n) is 4.38. The van der Waals surface area contributed by atoms with Crippen molar-refractivity contribution in [1.82, 2.24) is 4.90 Å². The minimum Gasteiger partial charge on any atom is -0.454 e. The summed E-state index contributed by atoms with van der Waals surface area (Å²) in [6.07, 6.45) is 1.44. The normalized spacial score (nSPS) is 23.2. The number of Topliss-reactive ketones (excluding diaryl/α,β-unsaturated/α-hetero) is 1. The van der Waals surface area contributed by atoms with Gasteiger partial charge in [-0.2, -0.15) is 0 Å². The topological polar surface area (TPSA) is 57.2 Å². The maximum atomic E-state index is 13.2. The van der Waals surface area contributed by atoms with Crippen LogP contribution in [-0.4, -0.2) is 44.4 Å². The lowest BCUT2D eigenvalue weighted by Crippen LogP contribution is -2.46. The first-order valence-electron chi connectivity index (χ1n) is 9.65. The number of benzene rings is 2. The molecule has 0 aliphatic carbocycles. The van der Waals surface area contributed by atoms with Gasteiger partial charge in [-0.1, -0.05) is 12.1 Å². The molecule has 0 bridgehead atoms. The number of nitrogens with zero attached hydrogens (tertiary/aromatic N) is 1. The van der Waals surface area contributed by atoms with E-state index < -0.39 is 0 Å². The van der Waals surface area contributed by atoms with Crippen molar-refractivity contribution in [2.45, 2.75) is 12.8 Å². The average Bonchev–Trinajstić information content (AvgIpc) is 3.33. The fourth-order valence-corrected chi connectivity index (χ4v) is 4.38. The van der Waals surface area contributed by atoms with E-state index in [-0.39, 0.29) is 25.4 Å². The van der Waals surface area contributed by atoms with Crippen LogP contribution in [0.4, 0.5) is 0 Å².